The standard InChI is InChI=1S/C21H20N2O3/c1-23(14-15-11-16-5-2-3-6-18(16)22-13-15)21(24)17-7-8-19-20(12-17)26-10-4-9-25-19/h2-3,5-8,11-13H,4,9-10,14H2,1H3. The van der Waals surface area contributed by atoms with Crippen molar-refractivity contribution >= 4 is 16.8 Å². The molecule has 0 saturated heterocycles. The van der Waals surface area contributed by atoms with Crippen LogP contribution in [0.5, 0.6) is 11.5 Å². The average molecular weight is 348 g/mol. The molecule has 0 radical (unpaired) electrons. The Morgan fingerprint density at radius 1 is 1.08 bits per heavy atom. The highest BCUT2D eigenvalue weighted by Crippen LogP contribution is 2.30. The highest BCUT2D eigenvalue weighted by Gasteiger charge is 2.17. The van der Waals surface area contributed by atoms with Crippen LogP contribution >= 0.6 is 0 Å². The first-order valence-electron chi connectivity index (χ1n) is 8.69. The van der Waals surface area contributed by atoms with E-state index in [0.29, 0.717) is 36.8 Å². The molecule has 0 unspecified atom stereocenters. The molecule has 26 heavy (non-hydrogen) atoms. The molecule has 5 heteroatoms. The molecular weight excluding hydrogens is 328 g/mol. The van der Waals surface area contributed by atoms with Crippen LogP contribution in [0.25, 0.3) is 10.9 Å². The van der Waals surface area contributed by atoms with Gasteiger partial charge in [0.1, 0.15) is 0 Å². The van der Waals surface area contributed by atoms with Gasteiger partial charge < -0.3 is 14.4 Å². The Hall–Kier alpha value is -3.08. The van der Waals surface area contributed by atoms with Crippen LogP contribution in [0.2, 0.25) is 0 Å². The summed E-state index contributed by atoms with van der Waals surface area (Å²) in [5, 5.41) is 1.07. The molecule has 2 heterocycles. The number of para-hydroxylation sites is 1. The normalized spacial score (nSPS) is 13.3. The molecule has 0 aliphatic carbocycles. The summed E-state index contributed by atoms with van der Waals surface area (Å²) in [5.74, 6) is 1.27. The van der Waals surface area contributed by atoms with E-state index in [1.54, 1.807) is 30.1 Å². The molecule has 1 aliphatic heterocycles. The zero-order valence-corrected chi connectivity index (χ0v) is 14.6. The van der Waals surface area contributed by atoms with Crippen molar-refractivity contribution in [2.45, 2.75) is 13.0 Å². The van der Waals surface area contributed by atoms with Crippen LogP contribution in [0.4, 0.5) is 0 Å². The number of nitrogens with zero attached hydrogens (tertiary/aromatic N) is 2. The lowest BCUT2D eigenvalue weighted by Crippen LogP contribution is -2.26. The minimum atomic E-state index is -0.0613. The van der Waals surface area contributed by atoms with Crippen molar-refractivity contribution in [2.75, 3.05) is 20.3 Å². The lowest BCUT2D eigenvalue weighted by Gasteiger charge is -2.18. The third kappa shape index (κ3) is 3.33. The lowest BCUT2D eigenvalue weighted by molar-refractivity contribution is 0.0784. The second-order valence-corrected chi connectivity index (χ2v) is 6.41. The maximum atomic E-state index is 12.8. The number of carbonyl (C=O) groups excluding carboxylic acids is 1. The van der Waals surface area contributed by atoms with Crippen LogP contribution in [-0.4, -0.2) is 36.1 Å². The largest absolute Gasteiger partial charge is 0.490 e. The van der Waals surface area contributed by atoms with E-state index >= 15 is 0 Å². The number of benzene rings is 2. The molecular formula is C21H20N2O3. The van der Waals surface area contributed by atoms with Gasteiger partial charge in [0, 0.05) is 37.2 Å². The highest BCUT2D eigenvalue weighted by molar-refractivity contribution is 5.94. The molecule has 0 spiro atoms. The molecule has 2 aromatic carbocycles. The van der Waals surface area contributed by atoms with Crippen molar-refractivity contribution in [1.29, 1.82) is 0 Å². The van der Waals surface area contributed by atoms with E-state index in [2.05, 4.69) is 11.1 Å². The van der Waals surface area contributed by atoms with E-state index in [9.17, 15) is 4.79 Å². The first kappa shape index (κ1) is 16.4. The van der Waals surface area contributed by atoms with E-state index in [4.69, 9.17) is 9.47 Å². The number of carbonyl (C=O) groups is 1. The number of hydrogen-bond donors (Lipinski definition) is 0. The van der Waals surface area contributed by atoms with Crippen LogP contribution in [-0.2, 0) is 6.54 Å². The molecule has 0 N–H and O–H groups in total. The van der Waals surface area contributed by atoms with Crippen molar-refractivity contribution in [1.82, 2.24) is 9.88 Å². The quantitative estimate of drug-likeness (QED) is 0.725. The topological polar surface area (TPSA) is 51.7 Å². The summed E-state index contributed by atoms with van der Waals surface area (Å²) in [4.78, 5) is 18.9. The Kier molecular flexibility index (Phi) is 4.44. The SMILES string of the molecule is CN(Cc1cnc2ccccc2c1)C(=O)c1ccc2c(c1)OCCCO2. The van der Waals surface area contributed by atoms with Gasteiger partial charge in [0.05, 0.1) is 18.7 Å². The zero-order chi connectivity index (χ0) is 17.9. The monoisotopic (exact) mass is 348 g/mol. The van der Waals surface area contributed by atoms with Crippen LogP contribution in [0, 0.1) is 0 Å². The molecule has 4 rings (SSSR count). The fourth-order valence-electron chi connectivity index (χ4n) is 3.07. The summed E-state index contributed by atoms with van der Waals surface area (Å²) in [7, 11) is 1.79. The van der Waals surface area contributed by atoms with E-state index in [-0.39, 0.29) is 5.91 Å². The first-order valence-corrected chi connectivity index (χ1v) is 8.69. The van der Waals surface area contributed by atoms with Crippen LogP contribution in [0.3, 0.4) is 0 Å². The van der Waals surface area contributed by atoms with Gasteiger partial charge in [0.25, 0.3) is 5.91 Å². The molecule has 5 nitrogen and oxygen atoms in total. The van der Waals surface area contributed by atoms with Crippen molar-refractivity contribution < 1.29 is 14.3 Å². The maximum Gasteiger partial charge on any atom is 0.254 e. The Balaban J connectivity index is 1.52. The number of hydrogen-bond acceptors (Lipinski definition) is 4. The summed E-state index contributed by atoms with van der Waals surface area (Å²) in [6.07, 6.45) is 2.66. The summed E-state index contributed by atoms with van der Waals surface area (Å²) in [6.45, 7) is 1.73. The van der Waals surface area contributed by atoms with Crippen LogP contribution in [0.1, 0.15) is 22.3 Å². The van der Waals surface area contributed by atoms with Crippen molar-refractivity contribution in [3.05, 3.63) is 65.9 Å². The predicted molar refractivity (Wildman–Crippen MR) is 99.6 cm³/mol. The van der Waals surface area contributed by atoms with Gasteiger partial charge in [0.15, 0.2) is 11.5 Å². The minimum Gasteiger partial charge on any atom is -0.490 e. The number of amides is 1. The van der Waals surface area contributed by atoms with E-state index < -0.39 is 0 Å². The number of ether oxygens (including phenoxy) is 2. The minimum absolute atomic E-state index is 0.0613. The molecule has 1 aromatic heterocycles. The second-order valence-electron chi connectivity index (χ2n) is 6.41. The van der Waals surface area contributed by atoms with Crippen molar-refractivity contribution in [3.8, 4) is 11.5 Å². The average Bonchev–Trinajstić information content (AvgIpc) is 2.92. The Bertz CT molecular complexity index is 955. The Labute approximate surface area is 152 Å². The summed E-state index contributed by atoms with van der Waals surface area (Å²) in [6, 6.07) is 15.4. The first-order chi connectivity index (χ1) is 12.7. The molecule has 0 atom stereocenters. The number of fused-ring (bicyclic) bond motifs is 2. The van der Waals surface area contributed by atoms with E-state index in [1.807, 2.05) is 30.5 Å². The number of rotatable bonds is 3. The van der Waals surface area contributed by atoms with Gasteiger partial charge in [0.2, 0.25) is 0 Å². The van der Waals surface area contributed by atoms with Gasteiger partial charge in [-0.05, 0) is 35.9 Å². The molecule has 3 aromatic rings. The second kappa shape index (κ2) is 7.04. The van der Waals surface area contributed by atoms with Crippen molar-refractivity contribution in [2.24, 2.45) is 0 Å². The fraction of sp³-hybridized carbons (Fsp3) is 0.238. The van der Waals surface area contributed by atoms with Crippen molar-refractivity contribution in [3.63, 3.8) is 0 Å². The highest BCUT2D eigenvalue weighted by atomic mass is 16.5. The van der Waals surface area contributed by atoms with E-state index in [1.165, 1.54) is 0 Å². The Morgan fingerprint density at radius 2 is 1.88 bits per heavy atom. The summed E-state index contributed by atoms with van der Waals surface area (Å²) in [5.41, 5.74) is 2.53. The molecule has 0 fully saturated rings. The number of pyridine rings is 1. The molecule has 1 amide bonds. The smallest absolute Gasteiger partial charge is 0.254 e. The van der Waals surface area contributed by atoms with Gasteiger partial charge >= 0.3 is 0 Å². The summed E-state index contributed by atoms with van der Waals surface area (Å²) >= 11 is 0. The van der Waals surface area contributed by atoms with Gasteiger partial charge in [-0.1, -0.05) is 18.2 Å². The lowest BCUT2D eigenvalue weighted by atomic mass is 10.1. The molecule has 0 saturated carbocycles. The van der Waals surface area contributed by atoms with E-state index in [0.717, 1.165) is 22.9 Å². The maximum absolute atomic E-state index is 12.8. The molecule has 1 aliphatic rings. The molecule has 132 valence electrons. The van der Waals surface area contributed by atoms with Gasteiger partial charge in [-0.15, -0.1) is 0 Å². The van der Waals surface area contributed by atoms with Crippen LogP contribution < -0.4 is 9.47 Å². The third-order valence-corrected chi connectivity index (χ3v) is 4.41. The van der Waals surface area contributed by atoms with Crippen LogP contribution in [0.15, 0.2) is 54.7 Å². The van der Waals surface area contributed by atoms with Gasteiger partial charge in [-0.25, -0.2) is 0 Å². The zero-order valence-electron chi connectivity index (χ0n) is 14.6. The predicted octanol–water partition coefficient (Wildman–Crippen LogP) is 3.67. The number of aromatic nitrogens is 1. The Morgan fingerprint density at radius 3 is 2.77 bits per heavy atom. The summed E-state index contributed by atoms with van der Waals surface area (Å²) < 4.78 is 11.3. The fourth-order valence-corrected chi connectivity index (χ4v) is 3.07. The van der Waals surface area contributed by atoms with Gasteiger partial charge in [-0.3, -0.25) is 9.78 Å². The third-order valence-electron chi connectivity index (χ3n) is 4.41. The van der Waals surface area contributed by atoms with Gasteiger partial charge in [-0.2, -0.15) is 0 Å². The molecule has 0 bridgehead atoms.